The lowest BCUT2D eigenvalue weighted by Crippen LogP contribution is -2.58. The van der Waals surface area contributed by atoms with Crippen molar-refractivity contribution in [2.75, 3.05) is 56.4 Å². The van der Waals surface area contributed by atoms with Gasteiger partial charge in [-0.3, -0.25) is 19.1 Å². The van der Waals surface area contributed by atoms with Gasteiger partial charge in [-0.2, -0.15) is 16.7 Å². The van der Waals surface area contributed by atoms with Gasteiger partial charge in [0.05, 0.1) is 32.1 Å². The highest BCUT2D eigenvalue weighted by Crippen LogP contribution is 2.46. The van der Waals surface area contributed by atoms with Gasteiger partial charge in [-0.15, -0.1) is 0 Å². The molecule has 1 aromatic carbocycles. The van der Waals surface area contributed by atoms with E-state index in [9.17, 15) is 27.6 Å². The molecule has 1 unspecified atom stereocenters. The second kappa shape index (κ2) is 16.5. The number of sulfonamides is 1. The van der Waals surface area contributed by atoms with Crippen molar-refractivity contribution in [1.82, 2.24) is 25.2 Å². The maximum Gasteiger partial charge on any atom is 0.408 e. The molecule has 2 aliphatic carbocycles. The fourth-order valence-corrected chi connectivity index (χ4v) is 9.81. The van der Waals surface area contributed by atoms with Crippen LogP contribution in [0.25, 0.3) is 10.8 Å². The molecule has 5 atom stereocenters. The number of carbonyl (C=O) groups is 4. The molecule has 2 saturated carbocycles. The van der Waals surface area contributed by atoms with E-state index in [1.54, 1.807) is 33.9 Å². The van der Waals surface area contributed by atoms with Gasteiger partial charge >= 0.3 is 6.09 Å². The van der Waals surface area contributed by atoms with Crippen LogP contribution < -0.4 is 29.7 Å². The minimum absolute atomic E-state index is 0.0313. The zero-order chi connectivity index (χ0) is 40.5. The molecule has 0 bridgehead atoms. The fraction of sp³-hybridized carbons (Fsp3) is 0.615. The Balaban J connectivity index is 1.21. The zero-order valence-electron chi connectivity index (χ0n) is 32.8. The Morgan fingerprint density at radius 2 is 1.89 bits per heavy atom. The van der Waals surface area contributed by atoms with E-state index in [0.717, 1.165) is 11.8 Å². The lowest BCUT2D eigenvalue weighted by molar-refractivity contribution is -0.140. The van der Waals surface area contributed by atoms with Crippen LogP contribution in [0.1, 0.15) is 59.3 Å². The molecule has 7 rings (SSSR count). The normalized spacial score (nSPS) is 27.9. The number of nitrogens with one attached hydrogen (secondary N) is 3. The Kier molecular flexibility index (Phi) is 11.9. The number of morpholine rings is 1. The van der Waals surface area contributed by atoms with E-state index in [0.29, 0.717) is 74.2 Å². The van der Waals surface area contributed by atoms with Crippen LogP contribution in [0.3, 0.4) is 0 Å². The van der Waals surface area contributed by atoms with Gasteiger partial charge in [0, 0.05) is 36.6 Å². The Morgan fingerprint density at radius 3 is 2.61 bits per heavy atom. The van der Waals surface area contributed by atoms with Gasteiger partial charge in [-0.05, 0) is 88.3 Å². The summed E-state index contributed by atoms with van der Waals surface area (Å²) in [6.07, 6.45) is 4.89. The summed E-state index contributed by atoms with van der Waals surface area (Å²) >= 11 is 1.50. The number of amides is 4. The second-order valence-electron chi connectivity index (χ2n) is 16.2. The number of ether oxygens (including phenoxy) is 4. The first-order chi connectivity index (χ1) is 27.2. The number of pyridine rings is 1. The first-order valence-electron chi connectivity index (χ1n) is 19.6. The minimum atomic E-state index is -3.91. The predicted octanol–water partition coefficient (Wildman–Crippen LogP) is 2.89. The molecule has 310 valence electrons. The molecule has 16 nitrogen and oxygen atoms in total. The summed E-state index contributed by atoms with van der Waals surface area (Å²) in [5.41, 5.74) is -2.34. The molecule has 3 aliphatic heterocycles. The summed E-state index contributed by atoms with van der Waals surface area (Å²) in [4.78, 5) is 64.4. The van der Waals surface area contributed by atoms with Crippen LogP contribution >= 0.6 is 11.8 Å². The molecule has 3 N–H and O–H groups in total. The molecule has 0 spiro atoms. The first kappa shape index (κ1) is 40.9. The van der Waals surface area contributed by atoms with Crippen molar-refractivity contribution in [2.45, 2.75) is 93.9 Å². The number of benzene rings is 1. The monoisotopic (exact) mass is 828 g/mol. The van der Waals surface area contributed by atoms with E-state index in [1.807, 2.05) is 30.4 Å². The predicted molar refractivity (Wildman–Crippen MR) is 214 cm³/mol. The summed E-state index contributed by atoms with van der Waals surface area (Å²) in [6.45, 7) is 7.50. The van der Waals surface area contributed by atoms with Gasteiger partial charge in [0.2, 0.25) is 27.7 Å². The van der Waals surface area contributed by atoms with Crippen molar-refractivity contribution in [2.24, 2.45) is 5.92 Å². The largest absolute Gasteiger partial charge is 0.497 e. The zero-order valence-corrected chi connectivity index (χ0v) is 34.4. The summed E-state index contributed by atoms with van der Waals surface area (Å²) < 4.78 is 51.3. The molecule has 2 aromatic rings. The van der Waals surface area contributed by atoms with E-state index in [4.69, 9.17) is 23.9 Å². The maximum absolute atomic E-state index is 14.6. The highest BCUT2D eigenvalue weighted by Gasteiger charge is 2.62. The summed E-state index contributed by atoms with van der Waals surface area (Å²) in [7, 11) is -2.32. The van der Waals surface area contributed by atoms with E-state index < -0.39 is 74.3 Å². The highest BCUT2D eigenvalue weighted by atomic mass is 32.2. The number of anilines is 1. The van der Waals surface area contributed by atoms with Gasteiger partial charge in [-0.25, -0.2) is 13.2 Å². The number of aromatic nitrogens is 1. The van der Waals surface area contributed by atoms with Crippen LogP contribution in [-0.2, 0) is 33.9 Å². The molecule has 0 radical (unpaired) electrons. The maximum atomic E-state index is 14.6. The SMILES string of the molecule is COc1ccc2c(OC3C[C@H]4C(=O)N[C@]5(C(=O)NS(=O)(=O)C6CC6)C[C@H]5/C=C\CCCSC[C@H](NC(=O)OC(C)(C)C)C(=O)N4C3)nc(N3CCOCC3)cc2c1. The number of nitrogens with zero attached hydrogens (tertiary/aromatic N) is 3. The van der Waals surface area contributed by atoms with Gasteiger partial charge in [0.1, 0.15) is 40.9 Å². The van der Waals surface area contributed by atoms with E-state index in [-0.39, 0.29) is 25.1 Å². The van der Waals surface area contributed by atoms with Gasteiger partial charge in [0.15, 0.2) is 0 Å². The van der Waals surface area contributed by atoms with Gasteiger partial charge in [0.25, 0.3) is 5.91 Å². The molecule has 4 heterocycles. The highest BCUT2D eigenvalue weighted by molar-refractivity contribution is 7.99. The third kappa shape index (κ3) is 9.54. The van der Waals surface area contributed by atoms with Gasteiger partial charge in [-0.1, -0.05) is 12.2 Å². The molecule has 4 amide bonds. The number of rotatable bonds is 8. The summed E-state index contributed by atoms with van der Waals surface area (Å²) in [5, 5.41) is 6.53. The molecule has 5 aliphatic rings. The van der Waals surface area contributed by atoms with E-state index >= 15 is 0 Å². The van der Waals surface area contributed by atoms with E-state index in [2.05, 4.69) is 20.3 Å². The van der Waals surface area contributed by atoms with Crippen LogP contribution in [0, 0.1) is 5.92 Å². The number of allylic oxidation sites excluding steroid dienone is 1. The fourth-order valence-electron chi connectivity index (χ4n) is 7.45. The lowest BCUT2D eigenvalue weighted by atomic mass is 10.1. The van der Waals surface area contributed by atoms with Crippen LogP contribution in [0.15, 0.2) is 36.4 Å². The molecule has 1 aromatic heterocycles. The molecule has 18 heteroatoms. The van der Waals surface area contributed by atoms with Crippen LogP contribution in [0.4, 0.5) is 10.6 Å². The average molecular weight is 829 g/mol. The number of hydrogen-bond donors (Lipinski definition) is 3. The summed E-state index contributed by atoms with van der Waals surface area (Å²) in [5.74, 6) is 0.156. The molecule has 2 saturated heterocycles. The van der Waals surface area contributed by atoms with Crippen molar-refractivity contribution < 1.29 is 46.5 Å². The topological polar surface area (TPSA) is 195 Å². The number of hydrogen-bond acceptors (Lipinski definition) is 13. The van der Waals surface area contributed by atoms with Crippen molar-refractivity contribution in [3.63, 3.8) is 0 Å². The quantitative estimate of drug-likeness (QED) is 0.329. The number of thioether (sulfide) groups is 1. The minimum Gasteiger partial charge on any atom is -0.497 e. The van der Waals surface area contributed by atoms with Crippen LogP contribution in [-0.4, -0.2) is 128 Å². The Morgan fingerprint density at radius 1 is 1.12 bits per heavy atom. The number of fused-ring (bicyclic) bond motifs is 3. The first-order valence-corrected chi connectivity index (χ1v) is 22.3. The van der Waals surface area contributed by atoms with E-state index in [1.165, 1.54) is 16.7 Å². The third-order valence-electron chi connectivity index (χ3n) is 10.7. The smallest absolute Gasteiger partial charge is 0.408 e. The van der Waals surface area contributed by atoms with Crippen molar-refractivity contribution in [3.8, 4) is 11.6 Å². The molecule has 57 heavy (non-hydrogen) atoms. The number of carbonyl (C=O) groups excluding carboxylic acids is 4. The number of methoxy groups -OCH3 is 1. The molecule has 4 fully saturated rings. The Bertz CT molecular complexity index is 2020. The van der Waals surface area contributed by atoms with Crippen molar-refractivity contribution in [1.29, 1.82) is 0 Å². The van der Waals surface area contributed by atoms with Crippen molar-refractivity contribution in [3.05, 3.63) is 36.4 Å². The number of alkyl carbamates (subject to hydrolysis) is 1. The standard InChI is InChI=1S/C39H52N6O10S2/c1-38(2,3)55-37(49)40-30-23-56-17-7-5-6-8-25-21-39(25,36(48)43-57(50,51)28-10-11-28)42-33(46)31-20-27(22-45(31)35(30)47)54-34-29-12-9-26(52-4)18-24(29)19-32(41-34)44-13-15-53-16-14-44/h6,8-9,12,18-19,25,27-28,30-31H,5,7,10-11,13-17,20-23H2,1-4H3,(H,40,49)(H,42,46)(H,43,48)/b8-6-/t25-,27?,30+,31+,39-/m1/s1. The van der Waals surface area contributed by atoms with Gasteiger partial charge < -0.3 is 39.4 Å². The lowest BCUT2D eigenvalue weighted by Gasteiger charge is -2.30. The Labute approximate surface area is 337 Å². The summed E-state index contributed by atoms with van der Waals surface area (Å²) in [6, 6.07) is 5.32. The average Bonchev–Trinajstić information content (AvgIpc) is 4.09. The second-order valence-corrected chi connectivity index (χ2v) is 19.4. The van der Waals surface area contributed by atoms with Crippen LogP contribution in [0.5, 0.6) is 11.6 Å². The molecular weight excluding hydrogens is 777 g/mol. The van der Waals surface area contributed by atoms with Crippen molar-refractivity contribution >= 4 is 62.2 Å². The van der Waals surface area contributed by atoms with Crippen LogP contribution in [0.2, 0.25) is 0 Å². The molecular formula is C39H52N6O10S2. The Hall–Kier alpha value is -4.29. The third-order valence-corrected chi connectivity index (χ3v) is 13.7.